The third-order valence-corrected chi connectivity index (χ3v) is 8.92. The van der Waals surface area contributed by atoms with Crippen molar-refractivity contribution in [2.24, 2.45) is 0 Å². The molecule has 1 aliphatic carbocycles. The van der Waals surface area contributed by atoms with Gasteiger partial charge in [0, 0.05) is 43.8 Å². The zero-order valence-electron chi connectivity index (χ0n) is 24.4. The second-order valence-electron chi connectivity index (χ2n) is 11.3. The molecule has 0 bridgehead atoms. The van der Waals surface area contributed by atoms with E-state index in [1.54, 1.807) is 19.0 Å². The van der Waals surface area contributed by atoms with Crippen molar-refractivity contribution >= 4 is 40.6 Å². The molecule has 2 amide bonds. The Labute approximate surface area is 248 Å². The smallest absolute Gasteiger partial charge is 0.307 e. The summed E-state index contributed by atoms with van der Waals surface area (Å²) in [5.74, 6) is 0.314. The lowest BCUT2D eigenvalue weighted by Gasteiger charge is -2.32. The van der Waals surface area contributed by atoms with Crippen molar-refractivity contribution in [3.63, 3.8) is 0 Å². The number of nitrogens with zero attached hydrogens (tertiary/aromatic N) is 5. The molecule has 2 aromatic heterocycles. The van der Waals surface area contributed by atoms with E-state index >= 15 is 0 Å². The van der Waals surface area contributed by atoms with E-state index < -0.39 is 17.7 Å². The van der Waals surface area contributed by atoms with Gasteiger partial charge in [0.25, 0.3) is 5.91 Å². The standard InChI is InChI=1S/C29H38N8O4S/c1-35(2)24(28(41)36(3)4)17-10-12-18(13-11-17)30-25-27(40)33-34-29(32-25)37-14-6-7-19(16-37)31-26(39)23-15-20-21(38)8-5-9-22(20)42-23/h10-13,15,19,21,24,38H,5-9,14,16H2,1-4H3,(H,31,39)(H,33,40)(H,30,32,34)/t19?,21-,24+/m1/s1. The first-order chi connectivity index (χ1) is 20.1. The molecule has 0 saturated carbocycles. The van der Waals surface area contributed by atoms with E-state index in [2.05, 4.69) is 25.8 Å². The lowest BCUT2D eigenvalue weighted by molar-refractivity contribution is -0.133. The molecule has 42 heavy (non-hydrogen) atoms. The van der Waals surface area contributed by atoms with E-state index in [0.29, 0.717) is 29.6 Å². The Kier molecular flexibility index (Phi) is 8.90. The van der Waals surface area contributed by atoms with Crippen molar-refractivity contribution in [3.05, 3.63) is 61.6 Å². The molecule has 3 heterocycles. The fourth-order valence-electron chi connectivity index (χ4n) is 5.52. The fraction of sp³-hybridized carbons (Fsp3) is 0.483. The van der Waals surface area contributed by atoms with Crippen molar-refractivity contribution in [2.75, 3.05) is 51.5 Å². The Morgan fingerprint density at radius 1 is 1.14 bits per heavy atom. The van der Waals surface area contributed by atoms with Crippen LogP contribution in [0.4, 0.5) is 17.5 Å². The quantitative estimate of drug-likeness (QED) is 0.309. The van der Waals surface area contributed by atoms with Gasteiger partial charge in [0.15, 0.2) is 0 Å². The molecule has 13 heteroatoms. The second kappa shape index (κ2) is 12.6. The molecule has 1 fully saturated rings. The highest BCUT2D eigenvalue weighted by molar-refractivity contribution is 7.14. The maximum absolute atomic E-state index is 13.0. The summed E-state index contributed by atoms with van der Waals surface area (Å²) in [5.41, 5.74) is 1.91. The number of fused-ring (bicyclic) bond motifs is 1. The number of hydrogen-bond acceptors (Lipinski definition) is 10. The third-order valence-electron chi connectivity index (χ3n) is 7.71. The van der Waals surface area contributed by atoms with Crippen LogP contribution in [0, 0.1) is 0 Å². The topological polar surface area (TPSA) is 147 Å². The van der Waals surface area contributed by atoms with Gasteiger partial charge in [-0.2, -0.15) is 4.98 Å². The Morgan fingerprint density at radius 3 is 2.60 bits per heavy atom. The first kappa shape index (κ1) is 29.7. The van der Waals surface area contributed by atoms with Crippen molar-refractivity contribution in [2.45, 2.75) is 50.3 Å². The molecule has 1 aliphatic heterocycles. The van der Waals surface area contributed by atoms with Crippen LogP contribution in [0.3, 0.4) is 0 Å². The summed E-state index contributed by atoms with van der Waals surface area (Å²) in [4.78, 5) is 49.9. The number of benzene rings is 1. The number of carbonyl (C=O) groups is 2. The van der Waals surface area contributed by atoms with Crippen LogP contribution in [-0.4, -0.2) is 89.2 Å². The van der Waals surface area contributed by atoms with Crippen molar-refractivity contribution in [1.29, 1.82) is 0 Å². The maximum atomic E-state index is 13.0. The van der Waals surface area contributed by atoms with Gasteiger partial charge >= 0.3 is 5.56 Å². The van der Waals surface area contributed by atoms with E-state index in [-0.39, 0.29) is 23.7 Å². The van der Waals surface area contributed by atoms with Crippen LogP contribution in [0.5, 0.6) is 0 Å². The van der Waals surface area contributed by atoms with Crippen LogP contribution in [0.15, 0.2) is 35.1 Å². The molecule has 3 aromatic rings. The number of aliphatic hydroxyl groups excluding tert-OH is 1. The fourth-order valence-corrected chi connectivity index (χ4v) is 6.69. The van der Waals surface area contributed by atoms with Gasteiger partial charge in [-0.25, -0.2) is 5.10 Å². The zero-order chi connectivity index (χ0) is 30.0. The Balaban J connectivity index is 1.25. The minimum atomic E-state index is -0.489. The largest absolute Gasteiger partial charge is 0.388 e. The highest BCUT2D eigenvalue weighted by atomic mass is 32.1. The summed E-state index contributed by atoms with van der Waals surface area (Å²) in [6, 6.07) is 8.63. The van der Waals surface area contributed by atoms with Crippen molar-refractivity contribution in [1.82, 2.24) is 30.3 Å². The molecule has 0 radical (unpaired) electrons. The molecular formula is C29H38N8O4S. The number of thiophene rings is 1. The number of amides is 2. The molecule has 12 nitrogen and oxygen atoms in total. The number of aliphatic hydroxyl groups is 1. The van der Waals surface area contributed by atoms with E-state index in [0.717, 1.165) is 48.1 Å². The summed E-state index contributed by atoms with van der Waals surface area (Å²) < 4.78 is 0. The van der Waals surface area contributed by atoms with E-state index in [1.165, 1.54) is 11.3 Å². The normalized spacial score (nSPS) is 19.2. The lowest BCUT2D eigenvalue weighted by Crippen LogP contribution is -2.48. The number of rotatable bonds is 8. The number of aryl methyl sites for hydroxylation is 1. The summed E-state index contributed by atoms with van der Waals surface area (Å²) in [7, 11) is 7.18. The average Bonchev–Trinajstić information content (AvgIpc) is 3.41. The average molecular weight is 595 g/mol. The minimum Gasteiger partial charge on any atom is -0.388 e. The summed E-state index contributed by atoms with van der Waals surface area (Å²) in [6.07, 6.45) is 3.73. The van der Waals surface area contributed by atoms with Crippen molar-refractivity contribution < 1.29 is 14.7 Å². The number of nitrogens with one attached hydrogen (secondary N) is 3. The first-order valence-electron chi connectivity index (χ1n) is 14.2. The predicted molar refractivity (Wildman–Crippen MR) is 162 cm³/mol. The lowest BCUT2D eigenvalue weighted by atomic mass is 9.96. The van der Waals surface area contributed by atoms with Crippen LogP contribution < -0.4 is 21.1 Å². The third kappa shape index (κ3) is 6.48. The number of piperidine rings is 1. The number of aromatic nitrogens is 3. The van der Waals surface area contributed by atoms with E-state index in [4.69, 9.17) is 0 Å². The van der Waals surface area contributed by atoms with Gasteiger partial charge in [0.05, 0.1) is 11.0 Å². The molecular weight excluding hydrogens is 556 g/mol. The van der Waals surface area contributed by atoms with Crippen LogP contribution in [0.2, 0.25) is 0 Å². The van der Waals surface area contributed by atoms with Gasteiger partial charge in [-0.1, -0.05) is 12.1 Å². The summed E-state index contributed by atoms with van der Waals surface area (Å²) >= 11 is 1.46. The number of H-pyrrole nitrogens is 1. The molecule has 1 saturated heterocycles. The number of aromatic amines is 1. The number of likely N-dealkylation sites (N-methyl/N-ethyl adjacent to an activating group) is 2. The van der Waals surface area contributed by atoms with Gasteiger partial charge in [-0.15, -0.1) is 16.4 Å². The first-order valence-corrected chi connectivity index (χ1v) is 15.0. The Hall–Kier alpha value is -3.81. The van der Waals surface area contributed by atoms with Crippen LogP contribution in [0.25, 0.3) is 0 Å². The van der Waals surface area contributed by atoms with Crippen LogP contribution in [0.1, 0.15) is 63.5 Å². The van der Waals surface area contributed by atoms with Gasteiger partial charge in [-0.3, -0.25) is 19.3 Å². The summed E-state index contributed by atoms with van der Waals surface area (Å²) in [5, 5.41) is 23.2. The SMILES string of the molecule is CN(C)C(=O)[C@H](c1ccc(Nc2nc(N3CCCC(NC(=O)c4cc5c(s4)CCC[C@H]5O)C3)n[nH]c2=O)cc1)N(C)C. The number of carbonyl (C=O) groups excluding carboxylic acids is 2. The van der Waals surface area contributed by atoms with Gasteiger partial charge < -0.3 is 25.5 Å². The molecule has 0 spiro atoms. The molecule has 2 aliphatic rings. The molecule has 5 rings (SSSR count). The Morgan fingerprint density at radius 2 is 1.90 bits per heavy atom. The Bertz CT molecular complexity index is 1490. The van der Waals surface area contributed by atoms with Gasteiger partial charge in [0.2, 0.25) is 17.7 Å². The zero-order valence-corrected chi connectivity index (χ0v) is 25.2. The van der Waals surface area contributed by atoms with E-state index in [9.17, 15) is 19.5 Å². The molecule has 1 aromatic carbocycles. The minimum absolute atomic E-state index is 0.0260. The summed E-state index contributed by atoms with van der Waals surface area (Å²) in [6.45, 7) is 1.20. The van der Waals surface area contributed by atoms with Crippen molar-refractivity contribution in [3.8, 4) is 0 Å². The highest BCUT2D eigenvalue weighted by Gasteiger charge is 2.28. The number of hydrogen-bond donors (Lipinski definition) is 4. The second-order valence-corrected chi connectivity index (χ2v) is 12.5. The number of anilines is 3. The van der Waals surface area contributed by atoms with Gasteiger partial charge in [-0.05, 0) is 75.5 Å². The monoisotopic (exact) mass is 594 g/mol. The molecule has 224 valence electrons. The van der Waals surface area contributed by atoms with Crippen LogP contribution >= 0.6 is 11.3 Å². The van der Waals surface area contributed by atoms with Gasteiger partial charge in [0.1, 0.15) is 6.04 Å². The molecule has 1 unspecified atom stereocenters. The maximum Gasteiger partial charge on any atom is 0.307 e. The molecule has 3 atom stereocenters. The van der Waals surface area contributed by atoms with E-state index in [1.807, 2.05) is 54.2 Å². The van der Waals surface area contributed by atoms with Crippen LogP contribution in [-0.2, 0) is 11.2 Å². The highest BCUT2D eigenvalue weighted by Crippen LogP contribution is 2.35. The molecule has 4 N–H and O–H groups in total. The predicted octanol–water partition coefficient (Wildman–Crippen LogP) is 2.43.